The number of cyclic esters (lactones) is 1. The standard InChI is InChI=1S/C54H68F3N9O5S/c1-32(2)45-36(12-7-19-58-45)47-38-24-52(3,4)31-71-51(70)39-13-8-21-66(61-39)49(68)40(23-44-59-41(26-72-44)34-14-17-42(37(38)22-34)65(47)30-54(55,56)57)60-48(67)46(33-10-5-6-11-33)62-20-9-18-53(27-62)28-63(29-53)50(69)43-25-64(43)35-15-16-35/h7,12,14,17,19,22,26,32-33,35,39-40,43,46,61H,5-6,8-11,13,15-16,18,20-21,23-25,27-31H2,1-4H3,(H,60,67)/t39-,40-,43+,46-,64?/m0/s1. The summed E-state index contributed by atoms with van der Waals surface area (Å²) in [5.74, 6) is -0.807. The molecule has 6 fully saturated rings. The molecule has 386 valence electrons. The molecule has 1 unspecified atom stereocenters. The van der Waals surface area contributed by atoms with Gasteiger partial charge in [-0.05, 0) is 106 Å². The molecule has 8 heterocycles. The predicted molar refractivity (Wildman–Crippen MR) is 267 cm³/mol. The molecule has 7 aliphatic rings. The van der Waals surface area contributed by atoms with Crippen molar-refractivity contribution in [2.75, 3.05) is 45.9 Å². The number of alkyl halides is 3. The Balaban J connectivity index is 0.923. The number of likely N-dealkylation sites (tertiary alicyclic amines) is 2. The molecule has 6 bridgehead atoms. The van der Waals surface area contributed by atoms with Crippen LogP contribution in [0.3, 0.4) is 0 Å². The highest BCUT2D eigenvalue weighted by atomic mass is 32.1. The van der Waals surface area contributed by atoms with Crippen molar-refractivity contribution in [2.24, 2.45) is 16.7 Å². The second-order valence-electron chi connectivity index (χ2n) is 23.2. The molecule has 11 rings (SSSR count). The Labute approximate surface area is 423 Å². The molecule has 2 aliphatic carbocycles. The van der Waals surface area contributed by atoms with E-state index in [1.54, 1.807) is 24.4 Å². The zero-order valence-electron chi connectivity index (χ0n) is 41.9. The first-order chi connectivity index (χ1) is 34.4. The van der Waals surface area contributed by atoms with Crippen molar-refractivity contribution in [1.29, 1.82) is 0 Å². The Hall–Kier alpha value is -4.91. The number of rotatable bonds is 9. The van der Waals surface area contributed by atoms with E-state index in [0.717, 1.165) is 58.2 Å². The Morgan fingerprint density at radius 1 is 1.00 bits per heavy atom. The molecule has 5 atom stereocenters. The number of ether oxygens (including phenoxy) is 1. The fourth-order valence-electron chi connectivity index (χ4n) is 12.9. The van der Waals surface area contributed by atoms with E-state index in [2.05, 4.69) is 25.5 Å². The van der Waals surface area contributed by atoms with Crippen LogP contribution in [0.1, 0.15) is 114 Å². The second kappa shape index (κ2) is 19.1. The van der Waals surface area contributed by atoms with Gasteiger partial charge in [0.2, 0.25) is 11.8 Å². The lowest BCUT2D eigenvalue weighted by Crippen LogP contribution is -2.68. The highest BCUT2D eigenvalue weighted by molar-refractivity contribution is 7.10. The van der Waals surface area contributed by atoms with Gasteiger partial charge in [0.15, 0.2) is 0 Å². The average Bonchev–Trinajstić information content (AvgIpc) is 4.21. The topological polar surface area (TPSA) is 145 Å². The van der Waals surface area contributed by atoms with Crippen molar-refractivity contribution in [3.05, 3.63) is 58.2 Å². The molecule has 5 aliphatic heterocycles. The zero-order valence-corrected chi connectivity index (χ0v) is 42.8. The maximum Gasteiger partial charge on any atom is 0.406 e. The number of carbonyl (C=O) groups excluding carboxylic acids is 4. The normalized spacial score (nSPS) is 26.4. The molecular weight excluding hydrogens is 944 g/mol. The molecule has 4 aromatic rings. The van der Waals surface area contributed by atoms with E-state index in [1.165, 1.54) is 33.8 Å². The molecule has 3 aromatic heterocycles. The SMILES string of the molecule is CC(C)c1ncccc1-c1c2c3cc(ccc3n1CC(F)(F)F)-c1csc(n1)C[C@H](NC(=O)[C@H](C1CCCC1)N1CCCC3(CN(C(=O)[C@H]4CN4C4CC4)C3)C1)C(=O)N1CCC[C@H](N1)C(=O)OCC(C)(C)C2. The Morgan fingerprint density at radius 2 is 1.79 bits per heavy atom. The van der Waals surface area contributed by atoms with Crippen LogP contribution in [0.5, 0.6) is 0 Å². The van der Waals surface area contributed by atoms with E-state index >= 15 is 4.79 Å². The third kappa shape index (κ3) is 9.93. The van der Waals surface area contributed by atoms with Crippen LogP contribution in [0.15, 0.2) is 41.9 Å². The van der Waals surface area contributed by atoms with E-state index < -0.39 is 42.2 Å². The second-order valence-corrected chi connectivity index (χ2v) is 24.1. The van der Waals surface area contributed by atoms with E-state index in [9.17, 15) is 27.6 Å². The molecule has 3 amide bonds. The van der Waals surface area contributed by atoms with E-state index in [4.69, 9.17) is 9.72 Å². The first-order valence-electron chi connectivity index (χ1n) is 26.4. The highest BCUT2D eigenvalue weighted by Gasteiger charge is 2.56. The molecular formula is C54H68F3N9O5S. The molecule has 1 spiro atoms. The van der Waals surface area contributed by atoms with Gasteiger partial charge in [0, 0.05) is 89.6 Å². The smallest absolute Gasteiger partial charge is 0.406 e. The number of fused-ring (bicyclic) bond motifs is 6. The van der Waals surface area contributed by atoms with Gasteiger partial charge in [0.1, 0.15) is 24.7 Å². The van der Waals surface area contributed by atoms with Crippen LogP contribution in [-0.2, 0) is 43.3 Å². The summed E-state index contributed by atoms with van der Waals surface area (Å²) in [6.07, 6.45) is 6.67. The number of esters is 1. The number of carbonyl (C=O) groups is 4. The van der Waals surface area contributed by atoms with Crippen LogP contribution in [-0.4, -0.2) is 140 Å². The summed E-state index contributed by atoms with van der Waals surface area (Å²) < 4.78 is 51.5. The van der Waals surface area contributed by atoms with Crippen LogP contribution >= 0.6 is 11.3 Å². The lowest BCUT2D eigenvalue weighted by molar-refractivity contribution is -0.155. The minimum Gasteiger partial charge on any atom is -0.464 e. The van der Waals surface area contributed by atoms with Crippen molar-refractivity contribution >= 4 is 45.9 Å². The van der Waals surface area contributed by atoms with Gasteiger partial charge in [0.25, 0.3) is 5.91 Å². The maximum atomic E-state index is 15.1. The van der Waals surface area contributed by atoms with E-state index in [1.807, 2.05) is 50.1 Å². The van der Waals surface area contributed by atoms with Crippen LogP contribution in [0.4, 0.5) is 13.2 Å². The number of benzene rings is 1. The number of nitrogens with one attached hydrogen (secondary N) is 2. The van der Waals surface area contributed by atoms with Gasteiger partial charge in [-0.15, -0.1) is 11.3 Å². The van der Waals surface area contributed by atoms with Crippen LogP contribution in [0, 0.1) is 16.7 Å². The van der Waals surface area contributed by atoms with Gasteiger partial charge < -0.3 is 19.5 Å². The number of hydrogen-bond acceptors (Lipinski definition) is 11. The predicted octanol–water partition coefficient (Wildman–Crippen LogP) is 7.49. The molecule has 2 N–H and O–H groups in total. The minimum absolute atomic E-state index is 0.0311. The summed E-state index contributed by atoms with van der Waals surface area (Å²) in [7, 11) is 0. The highest BCUT2D eigenvalue weighted by Crippen LogP contribution is 2.46. The number of hydrogen-bond donors (Lipinski definition) is 2. The third-order valence-corrected chi connectivity index (χ3v) is 17.4. The van der Waals surface area contributed by atoms with Crippen LogP contribution in [0.25, 0.3) is 33.4 Å². The summed E-state index contributed by atoms with van der Waals surface area (Å²) >= 11 is 1.37. The molecule has 2 saturated carbocycles. The number of amides is 3. The van der Waals surface area contributed by atoms with Crippen molar-refractivity contribution in [1.82, 2.24) is 45.0 Å². The van der Waals surface area contributed by atoms with E-state index in [0.29, 0.717) is 88.2 Å². The molecule has 72 heavy (non-hydrogen) atoms. The lowest BCUT2D eigenvalue weighted by Gasteiger charge is -2.56. The van der Waals surface area contributed by atoms with Crippen LogP contribution < -0.4 is 10.7 Å². The number of hydrazine groups is 1. The molecule has 14 nitrogen and oxygen atoms in total. The number of piperidine rings is 1. The van der Waals surface area contributed by atoms with Crippen molar-refractivity contribution in [3.63, 3.8) is 0 Å². The molecule has 18 heteroatoms. The summed E-state index contributed by atoms with van der Waals surface area (Å²) in [4.78, 5) is 73.9. The number of aromatic nitrogens is 3. The first kappa shape index (κ1) is 49.3. The number of nitrogens with zero attached hydrogens (tertiary/aromatic N) is 7. The number of thiazole rings is 1. The Kier molecular flexibility index (Phi) is 13.1. The zero-order chi connectivity index (χ0) is 50.3. The van der Waals surface area contributed by atoms with Gasteiger partial charge in [-0.1, -0.05) is 46.6 Å². The monoisotopic (exact) mass is 1010 g/mol. The van der Waals surface area contributed by atoms with Crippen molar-refractivity contribution < 1.29 is 37.1 Å². The average molecular weight is 1010 g/mol. The minimum atomic E-state index is -4.54. The van der Waals surface area contributed by atoms with Crippen molar-refractivity contribution in [2.45, 2.75) is 154 Å². The molecule has 4 saturated heterocycles. The van der Waals surface area contributed by atoms with E-state index in [-0.39, 0.29) is 60.5 Å². The Bertz CT molecular complexity index is 2740. The number of halogens is 3. The summed E-state index contributed by atoms with van der Waals surface area (Å²) in [6, 6.07) is 7.33. The quantitative estimate of drug-likeness (QED) is 0.128. The first-order valence-corrected chi connectivity index (χ1v) is 27.3. The summed E-state index contributed by atoms with van der Waals surface area (Å²) in [6.45, 7) is 10.7. The molecule has 1 aromatic carbocycles. The molecule has 0 radical (unpaired) electrons. The fourth-order valence-corrected chi connectivity index (χ4v) is 13.7. The largest absolute Gasteiger partial charge is 0.464 e. The van der Waals surface area contributed by atoms with Crippen molar-refractivity contribution in [3.8, 4) is 22.5 Å². The van der Waals surface area contributed by atoms with Gasteiger partial charge in [-0.2, -0.15) is 13.2 Å². The van der Waals surface area contributed by atoms with Gasteiger partial charge in [-0.3, -0.25) is 39.0 Å². The maximum absolute atomic E-state index is 15.1. The lowest BCUT2D eigenvalue weighted by atomic mass is 9.72. The van der Waals surface area contributed by atoms with Gasteiger partial charge in [-0.25, -0.2) is 10.4 Å². The van der Waals surface area contributed by atoms with Gasteiger partial charge in [0.05, 0.1) is 34.7 Å². The summed E-state index contributed by atoms with van der Waals surface area (Å²) in [5.41, 5.74) is 6.50. The van der Waals surface area contributed by atoms with Gasteiger partial charge >= 0.3 is 12.1 Å². The fraction of sp³-hybridized carbons (Fsp3) is 0.630. The third-order valence-electron chi connectivity index (χ3n) is 16.5. The number of pyridine rings is 1. The summed E-state index contributed by atoms with van der Waals surface area (Å²) in [5, 5.41) is 7.87. The van der Waals surface area contributed by atoms with Crippen LogP contribution in [0.2, 0.25) is 0 Å². The Morgan fingerprint density at radius 3 is 2.54 bits per heavy atom.